The molecule has 0 bridgehead atoms. The molecule has 1 aliphatic heterocycles. The number of nitrogens with zero attached hydrogens (tertiary/aromatic N) is 1. The van der Waals surface area contributed by atoms with Gasteiger partial charge in [0.25, 0.3) is 0 Å². The standard InChI is InChI=1S/C52H35NO/c1-3-11-36(12-4-1)38-19-27-43(28-20-38)53(44-29-21-39(22-30-44)37-13-5-2-6-14-37)45-31-23-40(24-32-45)42-26-33-47-48-34-25-41-15-7-8-16-46(41)52(48)49-17-9-10-18-50(49)54-51(47)35-42/h1-35H. The number of ether oxygens (including phenoxy) is 1. The second-order valence-electron chi connectivity index (χ2n) is 13.7. The molecule has 0 atom stereocenters. The van der Waals surface area contributed by atoms with Gasteiger partial charge in [0.05, 0.1) is 0 Å². The summed E-state index contributed by atoms with van der Waals surface area (Å²) in [6, 6.07) is 75.7. The quantitative estimate of drug-likeness (QED) is 0.172. The summed E-state index contributed by atoms with van der Waals surface area (Å²) in [6.45, 7) is 0. The maximum absolute atomic E-state index is 6.75. The first-order valence-corrected chi connectivity index (χ1v) is 18.4. The number of benzene rings is 9. The Balaban J connectivity index is 1.03. The zero-order chi connectivity index (χ0) is 35.8. The van der Waals surface area contributed by atoms with Crippen LogP contribution in [0, 0.1) is 0 Å². The number of rotatable bonds is 6. The highest BCUT2D eigenvalue weighted by Crippen LogP contribution is 2.50. The van der Waals surface area contributed by atoms with Crippen molar-refractivity contribution in [1.82, 2.24) is 0 Å². The molecule has 0 aliphatic carbocycles. The third-order valence-electron chi connectivity index (χ3n) is 10.5. The lowest BCUT2D eigenvalue weighted by Gasteiger charge is -2.26. The van der Waals surface area contributed by atoms with Gasteiger partial charge in [-0.25, -0.2) is 0 Å². The molecule has 0 spiro atoms. The van der Waals surface area contributed by atoms with Crippen molar-refractivity contribution in [2.24, 2.45) is 0 Å². The van der Waals surface area contributed by atoms with Crippen LogP contribution in [-0.4, -0.2) is 0 Å². The van der Waals surface area contributed by atoms with Gasteiger partial charge in [-0.3, -0.25) is 0 Å². The predicted octanol–water partition coefficient (Wildman–Crippen LogP) is 14.8. The first-order valence-electron chi connectivity index (χ1n) is 18.4. The van der Waals surface area contributed by atoms with Crippen LogP contribution in [0.25, 0.3) is 66.4 Å². The highest BCUT2D eigenvalue weighted by molar-refractivity contribution is 6.07. The molecule has 0 unspecified atom stereocenters. The van der Waals surface area contributed by atoms with Gasteiger partial charge < -0.3 is 9.64 Å². The highest BCUT2D eigenvalue weighted by atomic mass is 16.5. The molecule has 54 heavy (non-hydrogen) atoms. The third-order valence-corrected chi connectivity index (χ3v) is 10.5. The summed E-state index contributed by atoms with van der Waals surface area (Å²) in [5.74, 6) is 1.73. The molecule has 2 heteroatoms. The van der Waals surface area contributed by atoms with E-state index in [0.717, 1.165) is 50.8 Å². The monoisotopic (exact) mass is 689 g/mol. The van der Waals surface area contributed by atoms with E-state index in [9.17, 15) is 0 Å². The van der Waals surface area contributed by atoms with E-state index in [0.29, 0.717) is 0 Å². The summed E-state index contributed by atoms with van der Waals surface area (Å²) in [4.78, 5) is 2.33. The predicted molar refractivity (Wildman–Crippen MR) is 226 cm³/mol. The molecule has 10 rings (SSSR count). The molecule has 254 valence electrons. The summed E-state index contributed by atoms with van der Waals surface area (Å²) in [5, 5.41) is 2.45. The van der Waals surface area contributed by atoms with Crippen LogP contribution >= 0.6 is 0 Å². The molecule has 0 radical (unpaired) electrons. The van der Waals surface area contributed by atoms with Gasteiger partial charge in [-0.15, -0.1) is 0 Å². The largest absolute Gasteiger partial charge is 0.456 e. The lowest BCUT2D eigenvalue weighted by molar-refractivity contribution is 0.488. The fourth-order valence-electron chi connectivity index (χ4n) is 7.79. The average molecular weight is 690 g/mol. The topological polar surface area (TPSA) is 12.5 Å². The van der Waals surface area contributed by atoms with E-state index >= 15 is 0 Å². The number of fused-ring (bicyclic) bond motifs is 7. The third kappa shape index (κ3) is 5.71. The van der Waals surface area contributed by atoms with Crippen molar-refractivity contribution in [1.29, 1.82) is 0 Å². The molecule has 0 aromatic heterocycles. The van der Waals surface area contributed by atoms with E-state index in [4.69, 9.17) is 4.74 Å². The molecule has 0 N–H and O–H groups in total. The van der Waals surface area contributed by atoms with Crippen LogP contribution in [0.1, 0.15) is 0 Å². The van der Waals surface area contributed by atoms with Gasteiger partial charge in [-0.2, -0.15) is 0 Å². The Bertz CT molecular complexity index is 2670. The molecule has 0 saturated heterocycles. The Kier molecular flexibility index (Phi) is 7.85. The number of para-hydroxylation sites is 1. The van der Waals surface area contributed by atoms with Crippen LogP contribution in [0.4, 0.5) is 17.1 Å². The maximum atomic E-state index is 6.75. The van der Waals surface area contributed by atoms with E-state index < -0.39 is 0 Å². The fraction of sp³-hybridized carbons (Fsp3) is 0. The Morgan fingerprint density at radius 1 is 0.296 bits per heavy atom. The molecule has 2 nitrogen and oxygen atoms in total. The molecular weight excluding hydrogens is 655 g/mol. The Hall–Kier alpha value is -7.16. The molecule has 0 saturated carbocycles. The van der Waals surface area contributed by atoms with Gasteiger partial charge in [-0.05, 0) is 104 Å². The van der Waals surface area contributed by atoms with Gasteiger partial charge in [0.1, 0.15) is 11.5 Å². The van der Waals surface area contributed by atoms with Gasteiger partial charge in [0.15, 0.2) is 0 Å². The van der Waals surface area contributed by atoms with Crippen LogP contribution in [-0.2, 0) is 0 Å². The van der Waals surface area contributed by atoms with E-state index in [1.807, 2.05) is 6.07 Å². The first-order chi connectivity index (χ1) is 26.8. The second kappa shape index (κ2) is 13.4. The van der Waals surface area contributed by atoms with Crippen LogP contribution in [0.3, 0.4) is 0 Å². The van der Waals surface area contributed by atoms with Crippen molar-refractivity contribution < 1.29 is 4.74 Å². The average Bonchev–Trinajstić information content (AvgIpc) is 3.39. The van der Waals surface area contributed by atoms with E-state index in [-0.39, 0.29) is 0 Å². The van der Waals surface area contributed by atoms with Crippen molar-refractivity contribution in [2.75, 3.05) is 4.90 Å². The first kappa shape index (κ1) is 31.6. The van der Waals surface area contributed by atoms with Crippen LogP contribution in [0.15, 0.2) is 212 Å². The van der Waals surface area contributed by atoms with Gasteiger partial charge in [0, 0.05) is 33.8 Å². The number of hydrogen-bond donors (Lipinski definition) is 0. The highest BCUT2D eigenvalue weighted by Gasteiger charge is 2.23. The van der Waals surface area contributed by atoms with Crippen molar-refractivity contribution in [3.8, 4) is 67.1 Å². The van der Waals surface area contributed by atoms with Crippen LogP contribution < -0.4 is 9.64 Å². The number of anilines is 3. The zero-order valence-corrected chi connectivity index (χ0v) is 29.6. The van der Waals surface area contributed by atoms with Gasteiger partial charge in [0.2, 0.25) is 0 Å². The molecular formula is C52H35NO. The van der Waals surface area contributed by atoms with Crippen molar-refractivity contribution in [3.63, 3.8) is 0 Å². The number of hydrogen-bond acceptors (Lipinski definition) is 2. The second-order valence-corrected chi connectivity index (χ2v) is 13.7. The van der Waals surface area contributed by atoms with E-state index in [1.165, 1.54) is 44.2 Å². The van der Waals surface area contributed by atoms with E-state index in [1.54, 1.807) is 0 Å². The molecule has 0 fully saturated rings. The molecule has 1 aliphatic rings. The van der Waals surface area contributed by atoms with Crippen molar-refractivity contribution in [3.05, 3.63) is 212 Å². The fourth-order valence-corrected chi connectivity index (χ4v) is 7.79. The molecule has 0 amide bonds. The van der Waals surface area contributed by atoms with Gasteiger partial charge in [-0.1, -0.05) is 158 Å². The Labute approximate surface area is 315 Å². The van der Waals surface area contributed by atoms with E-state index in [2.05, 4.69) is 211 Å². The Morgan fingerprint density at radius 2 is 0.759 bits per heavy atom. The van der Waals surface area contributed by atoms with Crippen LogP contribution in [0.2, 0.25) is 0 Å². The minimum Gasteiger partial charge on any atom is -0.456 e. The van der Waals surface area contributed by atoms with Crippen LogP contribution in [0.5, 0.6) is 11.5 Å². The lowest BCUT2D eigenvalue weighted by atomic mass is 9.89. The molecule has 9 aromatic carbocycles. The van der Waals surface area contributed by atoms with Crippen molar-refractivity contribution in [2.45, 2.75) is 0 Å². The molecule has 1 heterocycles. The zero-order valence-electron chi connectivity index (χ0n) is 29.6. The summed E-state index contributed by atoms with van der Waals surface area (Å²) < 4.78 is 6.75. The van der Waals surface area contributed by atoms with Gasteiger partial charge >= 0.3 is 0 Å². The minimum absolute atomic E-state index is 0.858. The molecule has 9 aromatic rings. The smallest absolute Gasteiger partial charge is 0.135 e. The minimum atomic E-state index is 0.858. The summed E-state index contributed by atoms with van der Waals surface area (Å²) in [5.41, 5.74) is 14.9. The Morgan fingerprint density at radius 3 is 1.37 bits per heavy atom. The summed E-state index contributed by atoms with van der Waals surface area (Å²) in [7, 11) is 0. The lowest BCUT2D eigenvalue weighted by Crippen LogP contribution is -2.09. The maximum Gasteiger partial charge on any atom is 0.135 e. The summed E-state index contributed by atoms with van der Waals surface area (Å²) >= 11 is 0. The van der Waals surface area contributed by atoms with Crippen molar-refractivity contribution >= 4 is 27.8 Å². The normalized spacial score (nSPS) is 11.5. The summed E-state index contributed by atoms with van der Waals surface area (Å²) in [6.07, 6.45) is 0. The SMILES string of the molecule is c1ccc(-c2ccc(N(c3ccc(-c4ccccc4)cc3)c3ccc(-c4ccc5c(c4)Oc4ccccc4-c4c-5ccc5ccccc45)cc3)cc2)cc1.